The van der Waals surface area contributed by atoms with Crippen molar-refractivity contribution in [2.45, 2.75) is 26.7 Å². The fraction of sp³-hybridized carbons (Fsp3) is 0.385. The van der Waals surface area contributed by atoms with Crippen LogP contribution in [0.5, 0.6) is 0 Å². The summed E-state index contributed by atoms with van der Waals surface area (Å²) in [4.78, 5) is 15.8. The van der Waals surface area contributed by atoms with Crippen molar-refractivity contribution >= 4 is 11.4 Å². The molecule has 3 nitrogen and oxygen atoms in total. The number of rotatable bonds is 6. The molecule has 0 aliphatic rings. The van der Waals surface area contributed by atoms with Gasteiger partial charge in [-0.15, -0.1) is 0 Å². The summed E-state index contributed by atoms with van der Waals surface area (Å²) < 4.78 is 5.21. The number of hydrogen-bond acceptors (Lipinski definition) is 3. The van der Waals surface area contributed by atoms with E-state index in [0.717, 1.165) is 12.0 Å². The van der Waals surface area contributed by atoms with Crippen LogP contribution in [0.15, 0.2) is 30.8 Å². The molecule has 0 fully saturated rings. The predicted octanol–water partition coefficient (Wildman–Crippen LogP) is 2.83. The van der Waals surface area contributed by atoms with Crippen molar-refractivity contribution < 1.29 is 9.53 Å². The molecule has 0 N–H and O–H groups in total. The lowest BCUT2D eigenvalue weighted by molar-refractivity contribution is -0.113. The Hall–Kier alpha value is -1.64. The third-order valence-corrected chi connectivity index (χ3v) is 2.14. The summed E-state index contributed by atoms with van der Waals surface area (Å²) in [5, 5.41) is 0. The third kappa shape index (κ3) is 3.50. The predicted molar refractivity (Wildman–Crippen MR) is 63.8 cm³/mol. The molecule has 1 aromatic heterocycles. The van der Waals surface area contributed by atoms with Crippen molar-refractivity contribution in [3.8, 4) is 0 Å². The number of hydrogen-bond donors (Lipinski definition) is 0. The van der Waals surface area contributed by atoms with Gasteiger partial charge in [0.2, 0.25) is 0 Å². The summed E-state index contributed by atoms with van der Waals surface area (Å²) in [6.07, 6.45) is 6.28. The van der Waals surface area contributed by atoms with Crippen LogP contribution in [0.2, 0.25) is 0 Å². The molecule has 86 valence electrons. The van der Waals surface area contributed by atoms with Crippen molar-refractivity contribution in [3.63, 3.8) is 0 Å². The van der Waals surface area contributed by atoms with Gasteiger partial charge in [0.1, 0.15) is 0 Å². The number of carbonyl (C=O) groups excluding carboxylic acids is 1. The molecule has 0 radical (unpaired) electrons. The average Bonchev–Trinajstić information content (AvgIpc) is 2.31. The molecule has 0 saturated carbocycles. The lowest BCUT2D eigenvalue weighted by Gasteiger charge is -2.06. The number of allylic oxidation sites excluding steroid dienone is 1. The number of aromatic nitrogens is 1. The molecule has 0 saturated heterocycles. The van der Waals surface area contributed by atoms with Gasteiger partial charge in [0.05, 0.1) is 18.4 Å². The first kappa shape index (κ1) is 12.4. The van der Waals surface area contributed by atoms with Crippen LogP contribution in [0.25, 0.3) is 5.57 Å². The van der Waals surface area contributed by atoms with E-state index >= 15 is 0 Å². The van der Waals surface area contributed by atoms with E-state index in [2.05, 4.69) is 4.98 Å². The van der Waals surface area contributed by atoms with Crippen LogP contribution in [0.4, 0.5) is 0 Å². The Morgan fingerprint density at radius 1 is 1.38 bits per heavy atom. The van der Waals surface area contributed by atoms with Crippen LogP contribution in [0.3, 0.4) is 0 Å². The van der Waals surface area contributed by atoms with Gasteiger partial charge in [0.15, 0.2) is 5.78 Å². The van der Waals surface area contributed by atoms with E-state index in [4.69, 9.17) is 4.74 Å². The van der Waals surface area contributed by atoms with E-state index in [1.54, 1.807) is 18.7 Å². The molecule has 0 aliphatic heterocycles. The van der Waals surface area contributed by atoms with Crippen LogP contribution in [-0.2, 0) is 9.53 Å². The maximum absolute atomic E-state index is 11.9. The van der Waals surface area contributed by atoms with E-state index in [1.165, 1.54) is 0 Å². The molecule has 3 heteroatoms. The Labute approximate surface area is 96.2 Å². The van der Waals surface area contributed by atoms with E-state index in [9.17, 15) is 4.79 Å². The second kappa shape index (κ2) is 6.77. The minimum absolute atomic E-state index is 0.113. The zero-order chi connectivity index (χ0) is 11.8. The Bertz CT molecular complexity index is 357. The SMILES string of the molecule is CCCC(=O)C(=COCC)c1ccncc1. The monoisotopic (exact) mass is 219 g/mol. The molecule has 0 atom stereocenters. The van der Waals surface area contributed by atoms with Gasteiger partial charge in [-0.25, -0.2) is 0 Å². The first-order valence-corrected chi connectivity index (χ1v) is 5.55. The number of nitrogens with zero attached hydrogens (tertiary/aromatic N) is 1. The normalized spacial score (nSPS) is 11.2. The van der Waals surface area contributed by atoms with E-state index in [-0.39, 0.29) is 5.78 Å². The van der Waals surface area contributed by atoms with Gasteiger partial charge in [-0.1, -0.05) is 6.92 Å². The number of ketones is 1. The minimum Gasteiger partial charge on any atom is -0.501 e. The smallest absolute Gasteiger partial charge is 0.166 e. The molecule has 16 heavy (non-hydrogen) atoms. The number of pyridine rings is 1. The van der Waals surface area contributed by atoms with Crippen molar-refractivity contribution in [2.24, 2.45) is 0 Å². The first-order chi connectivity index (χ1) is 7.79. The van der Waals surface area contributed by atoms with Gasteiger partial charge in [0, 0.05) is 18.8 Å². The van der Waals surface area contributed by atoms with Gasteiger partial charge < -0.3 is 4.74 Å². The molecular formula is C13H17NO2. The summed E-state index contributed by atoms with van der Waals surface area (Å²) in [5.41, 5.74) is 1.49. The van der Waals surface area contributed by atoms with Crippen molar-refractivity contribution in [1.82, 2.24) is 4.98 Å². The third-order valence-electron chi connectivity index (χ3n) is 2.14. The average molecular weight is 219 g/mol. The molecule has 1 heterocycles. The second-order valence-corrected chi connectivity index (χ2v) is 3.40. The number of carbonyl (C=O) groups is 1. The van der Waals surface area contributed by atoms with Gasteiger partial charge >= 0.3 is 0 Å². The van der Waals surface area contributed by atoms with E-state index in [1.807, 2.05) is 26.0 Å². The zero-order valence-electron chi connectivity index (χ0n) is 9.77. The Kier molecular flexibility index (Phi) is 5.26. The Morgan fingerprint density at radius 3 is 2.62 bits per heavy atom. The zero-order valence-corrected chi connectivity index (χ0v) is 9.77. The van der Waals surface area contributed by atoms with Crippen LogP contribution in [-0.4, -0.2) is 17.4 Å². The molecule has 0 amide bonds. The highest BCUT2D eigenvalue weighted by atomic mass is 16.5. The van der Waals surface area contributed by atoms with Gasteiger partial charge in [-0.2, -0.15) is 0 Å². The first-order valence-electron chi connectivity index (χ1n) is 5.55. The minimum atomic E-state index is 0.113. The Balaban J connectivity index is 2.92. The quantitative estimate of drug-likeness (QED) is 0.545. The van der Waals surface area contributed by atoms with Crippen molar-refractivity contribution in [2.75, 3.05) is 6.61 Å². The van der Waals surface area contributed by atoms with Crippen LogP contribution in [0.1, 0.15) is 32.3 Å². The fourth-order valence-electron chi connectivity index (χ4n) is 1.35. The number of Topliss-reactive ketones (excluding diaryl/α,β-unsaturated/α-hetero) is 1. The highest BCUT2D eigenvalue weighted by Gasteiger charge is 2.11. The van der Waals surface area contributed by atoms with Crippen LogP contribution in [0, 0.1) is 0 Å². The second-order valence-electron chi connectivity index (χ2n) is 3.40. The molecule has 1 rings (SSSR count). The highest BCUT2D eigenvalue weighted by molar-refractivity contribution is 6.20. The molecule has 1 aromatic rings. The molecule has 0 aliphatic carbocycles. The molecule has 0 spiro atoms. The summed E-state index contributed by atoms with van der Waals surface area (Å²) >= 11 is 0. The standard InChI is InChI=1S/C13H17NO2/c1-3-5-13(15)12(10-16-4-2)11-6-8-14-9-7-11/h6-10H,3-5H2,1-2H3. The highest BCUT2D eigenvalue weighted by Crippen LogP contribution is 2.17. The molecule has 0 unspecified atom stereocenters. The van der Waals surface area contributed by atoms with Crippen molar-refractivity contribution in [3.05, 3.63) is 36.4 Å². The fourth-order valence-corrected chi connectivity index (χ4v) is 1.35. The maximum atomic E-state index is 11.9. The molecule has 0 aromatic carbocycles. The summed E-state index contributed by atoms with van der Waals surface area (Å²) in [6.45, 7) is 4.45. The van der Waals surface area contributed by atoms with Crippen LogP contribution < -0.4 is 0 Å². The lowest BCUT2D eigenvalue weighted by atomic mass is 10.0. The van der Waals surface area contributed by atoms with Gasteiger partial charge in [-0.05, 0) is 31.0 Å². The lowest BCUT2D eigenvalue weighted by Crippen LogP contribution is -2.02. The van der Waals surface area contributed by atoms with Crippen molar-refractivity contribution in [1.29, 1.82) is 0 Å². The summed E-state index contributed by atoms with van der Waals surface area (Å²) in [6, 6.07) is 3.64. The Morgan fingerprint density at radius 2 is 2.06 bits per heavy atom. The summed E-state index contributed by atoms with van der Waals surface area (Å²) in [5.74, 6) is 0.113. The molecule has 0 bridgehead atoms. The van der Waals surface area contributed by atoms with Gasteiger partial charge in [0.25, 0.3) is 0 Å². The number of ether oxygens (including phenoxy) is 1. The van der Waals surface area contributed by atoms with E-state index in [0.29, 0.717) is 18.6 Å². The van der Waals surface area contributed by atoms with Crippen LogP contribution >= 0.6 is 0 Å². The van der Waals surface area contributed by atoms with E-state index < -0.39 is 0 Å². The largest absolute Gasteiger partial charge is 0.501 e. The topological polar surface area (TPSA) is 39.2 Å². The maximum Gasteiger partial charge on any atom is 0.166 e. The summed E-state index contributed by atoms with van der Waals surface area (Å²) in [7, 11) is 0. The molecular weight excluding hydrogens is 202 g/mol. The van der Waals surface area contributed by atoms with Gasteiger partial charge in [-0.3, -0.25) is 9.78 Å².